The molecule has 0 radical (unpaired) electrons. The molecular weight excluding hydrogens is 613 g/mol. The summed E-state index contributed by atoms with van der Waals surface area (Å²) in [6.45, 7) is 5.47. The Labute approximate surface area is 289 Å². The summed E-state index contributed by atoms with van der Waals surface area (Å²) in [4.78, 5) is 22.7. The van der Waals surface area contributed by atoms with E-state index < -0.39 is 13.9 Å². The molecule has 9 heteroatoms. The maximum atomic E-state index is 12.6. The van der Waals surface area contributed by atoms with Crippen molar-refractivity contribution >= 4 is 13.8 Å². The van der Waals surface area contributed by atoms with Crippen molar-refractivity contribution in [3.8, 4) is 0 Å². The van der Waals surface area contributed by atoms with E-state index in [2.05, 4.69) is 50.3 Å². The normalized spacial score (nSPS) is 14.4. The van der Waals surface area contributed by atoms with E-state index in [9.17, 15) is 14.3 Å². The number of hydrogen-bond donors (Lipinski definition) is 1. The van der Waals surface area contributed by atoms with Crippen LogP contribution < -0.4 is 0 Å². The third kappa shape index (κ3) is 35.8. The lowest BCUT2D eigenvalue weighted by Crippen LogP contribution is -2.37. The van der Waals surface area contributed by atoms with Crippen LogP contribution in [0, 0.1) is 0 Å². The summed E-state index contributed by atoms with van der Waals surface area (Å²) in [6, 6.07) is 0. The van der Waals surface area contributed by atoms with Crippen LogP contribution in [0.5, 0.6) is 0 Å². The molecule has 0 bridgehead atoms. The van der Waals surface area contributed by atoms with Crippen molar-refractivity contribution in [2.45, 2.75) is 148 Å². The Morgan fingerprint density at radius 3 is 1.83 bits per heavy atom. The van der Waals surface area contributed by atoms with Gasteiger partial charge in [0.2, 0.25) is 0 Å². The molecule has 0 aliphatic heterocycles. The number of quaternary nitrogens is 1. The van der Waals surface area contributed by atoms with Gasteiger partial charge in [0.05, 0.1) is 34.4 Å². The van der Waals surface area contributed by atoms with Gasteiger partial charge >= 0.3 is 13.8 Å². The highest BCUT2D eigenvalue weighted by Crippen LogP contribution is 2.43. The topological polar surface area (TPSA) is 91.3 Å². The summed E-state index contributed by atoms with van der Waals surface area (Å²) < 4.78 is 34.8. The zero-order valence-electron chi connectivity index (χ0n) is 31.0. The van der Waals surface area contributed by atoms with Gasteiger partial charge in [-0.05, 0) is 57.8 Å². The largest absolute Gasteiger partial charge is 0.472 e. The molecule has 47 heavy (non-hydrogen) atoms. The average Bonchev–Trinajstić information content (AvgIpc) is 3.01. The molecule has 0 aliphatic rings. The number of nitrogens with zero attached hydrogens (tertiary/aromatic N) is 1. The number of carbonyl (C=O) groups is 1. The molecule has 0 rings (SSSR count). The minimum atomic E-state index is -4.27. The fourth-order valence-corrected chi connectivity index (χ4v) is 5.43. The highest BCUT2D eigenvalue weighted by atomic mass is 31.2. The standard InChI is InChI=1S/C38H72NO7P/c1-6-8-10-12-14-16-18-19-20-21-22-24-26-28-30-33-43-35-37(36-45-47(41,42)44-34-32-39(3,4)5)46-38(40)31-29-27-25-23-17-15-13-11-9-7-2/h11-14,18-19,37H,6-10,15-17,20-36H2,1-5H3/p+1/b13-11-,14-12-,19-18-. The molecular formula is C38H73NO7P+. The van der Waals surface area contributed by atoms with Crippen LogP contribution in [0.2, 0.25) is 0 Å². The summed E-state index contributed by atoms with van der Waals surface area (Å²) in [7, 11) is 1.65. The number of rotatable bonds is 34. The van der Waals surface area contributed by atoms with E-state index in [0.29, 0.717) is 24.1 Å². The van der Waals surface area contributed by atoms with E-state index >= 15 is 0 Å². The van der Waals surface area contributed by atoms with Crippen LogP contribution in [0.3, 0.4) is 0 Å². The van der Waals surface area contributed by atoms with Gasteiger partial charge in [-0.2, -0.15) is 0 Å². The molecule has 2 unspecified atom stereocenters. The van der Waals surface area contributed by atoms with Gasteiger partial charge in [0.1, 0.15) is 19.3 Å². The first-order valence-electron chi connectivity index (χ1n) is 18.7. The number of likely N-dealkylation sites (N-methyl/N-ethyl adjacent to an activating group) is 1. The lowest BCUT2D eigenvalue weighted by atomic mass is 10.1. The predicted molar refractivity (Wildman–Crippen MR) is 196 cm³/mol. The van der Waals surface area contributed by atoms with E-state index in [4.69, 9.17) is 18.5 Å². The monoisotopic (exact) mass is 687 g/mol. The van der Waals surface area contributed by atoms with Crippen molar-refractivity contribution < 1.29 is 37.3 Å². The lowest BCUT2D eigenvalue weighted by molar-refractivity contribution is -0.870. The number of hydrogen-bond acceptors (Lipinski definition) is 6. The van der Waals surface area contributed by atoms with Crippen LogP contribution in [0.4, 0.5) is 0 Å². The van der Waals surface area contributed by atoms with Crippen molar-refractivity contribution in [2.75, 3.05) is 54.1 Å². The van der Waals surface area contributed by atoms with Crippen LogP contribution in [-0.2, 0) is 27.9 Å². The Balaban J connectivity index is 4.32. The molecule has 0 aromatic rings. The van der Waals surface area contributed by atoms with Gasteiger partial charge in [0, 0.05) is 13.0 Å². The fourth-order valence-electron chi connectivity index (χ4n) is 4.69. The third-order valence-electron chi connectivity index (χ3n) is 7.65. The first-order valence-corrected chi connectivity index (χ1v) is 20.2. The number of unbranched alkanes of at least 4 members (excludes halogenated alkanes) is 14. The number of esters is 1. The number of allylic oxidation sites excluding steroid dienone is 6. The van der Waals surface area contributed by atoms with Crippen molar-refractivity contribution in [3.63, 3.8) is 0 Å². The maximum Gasteiger partial charge on any atom is 0.472 e. The molecule has 1 N–H and O–H groups in total. The quantitative estimate of drug-likeness (QED) is 0.0237. The number of phosphoric ester groups is 1. The number of ether oxygens (including phenoxy) is 2. The maximum absolute atomic E-state index is 12.6. The van der Waals surface area contributed by atoms with Gasteiger partial charge in [0.25, 0.3) is 0 Å². The van der Waals surface area contributed by atoms with E-state index in [0.717, 1.165) is 64.2 Å². The summed E-state index contributed by atoms with van der Waals surface area (Å²) in [5.41, 5.74) is 0. The SMILES string of the molecule is CCC/C=C\CCCCCCCC(=O)OC(COCCCCCCCC/C=C\C/C=C\CCCC)COP(=O)(O)OCC[N+](C)(C)C. The summed E-state index contributed by atoms with van der Waals surface area (Å²) in [5, 5.41) is 0. The molecule has 0 heterocycles. The highest BCUT2D eigenvalue weighted by Gasteiger charge is 2.26. The molecule has 0 spiro atoms. The van der Waals surface area contributed by atoms with Crippen LogP contribution in [0.15, 0.2) is 36.5 Å². The van der Waals surface area contributed by atoms with Crippen LogP contribution in [0.1, 0.15) is 142 Å². The Bertz CT molecular complexity index is 853. The van der Waals surface area contributed by atoms with Crippen molar-refractivity contribution in [3.05, 3.63) is 36.5 Å². The molecule has 0 aliphatic carbocycles. The minimum absolute atomic E-state index is 0.0841. The van der Waals surface area contributed by atoms with Crippen LogP contribution in [-0.4, -0.2) is 75.6 Å². The van der Waals surface area contributed by atoms with E-state index in [1.807, 2.05) is 21.1 Å². The van der Waals surface area contributed by atoms with Crippen molar-refractivity contribution in [1.29, 1.82) is 0 Å². The lowest BCUT2D eigenvalue weighted by Gasteiger charge is -2.24. The Morgan fingerprint density at radius 2 is 1.21 bits per heavy atom. The first-order chi connectivity index (χ1) is 22.6. The van der Waals surface area contributed by atoms with Crippen LogP contribution in [0.25, 0.3) is 0 Å². The fraction of sp³-hybridized carbons (Fsp3) is 0.816. The van der Waals surface area contributed by atoms with Crippen LogP contribution >= 0.6 is 7.82 Å². The third-order valence-corrected chi connectivity index (χ3v) is 8.64. The number of phosphoric acid groups is 1. The molecule has 0 saturated heterocycles. The van der Waals surface area contributed by atoms with E-state index in [1.165, 1.54) is 57.8 Å². The highest BCUT2D eigenvalue weighted by molar-refractivity contribution is 7.47. The molecule has 8 nitrogen and oxygen atoms in total. The molecule has 0 aromatic carbocycles. The summed E-state index contributed by atoms with van der Waals surface area (Å²) in [6.07, 6.45) is 34.6. The first kappa shape index (κ1) is 45.7. The zero-order chi connectivity index (χ0) is 34.9. The Morgan fingerprint density at radius 1 is 0.660 bits per heavy atom. The van der Waals surface area contributed by atoms with Gasteiger partial charge < -0.3 is 18.9 Å². The summed E-state index contributed by atoms with van der Waals surface area (Å²) >= 11 is 0. The van der Waals surface area contributed by atoms with Gasteiger partial charge in [-0.25, -0.2) is 4.57 Å². The van der Waals surface area contributed by atoms with Gasteiger partial charge in [-0.15, -0.1) is 0 Å². The smallest absolute Gasteiger partial charge is 0.457 e. The van der Waals surface area contributed by atoms with Gasteiger partial charge in [0.15, 0.2) is 0 Å². The van der Waals surface area contributed by atoms with Gasteiger partial charge in [-0.1, -0.05) is 115 Å². The molecule has 0 saturated carbocycles. The predicted octanol–water partition coefficient (Wildman–Crippen LogP) is 10.3. The van der Waals surface area contributed by atoms with E-state index in [1.54, 1.807) is 0 Å². The second-order valence-corrected chi connectivity index (χ2v) is 15.0. The number of carbonyl (C=O) groups excluding carboxylic acids is 1. The molecule has 0 fully saturated rings. The van der Waals surface area contributed by atoms with Crippen molar-refractivity contribution in [2.24, 2.45) is 0 Å². The summed E-state index contributed by atoms with van der Waals surface area (Å²) in [5.74, 6) is -0.332. The molecule has 0 aromatic heterocycles. The van der Waals surface area contributed by atoms with Gasteiger partial charge in [-0.3, -0.25) is 13.8 Å². The van der Waals surface area contributed by atoms with Crippen molar-refractivity contribution in [1.82, 2.24) is 0 Å². The Hall–Kier alpha value is -1.28. The Kier molecular flexibility index (Phi) is 31.1. The molecule has 276 valence electrons. The second kappa shape index (κ2) is 32.0. The average molecular weight is 687 g/mol. The molecule has 2 atom stereocenters. The zero-order valence-corrected chi connectivity index (χ0v) is 31.9. The van der Waals surface area contributed by atoms with E-state index in [-0.39, 0.29) is 25.8 Å². The second-order valence-electron chi connectivity index (χ2n) is 13.6. The molecule has 0 amide bonds. The minimum Gasteiger partial charge on any atom is -0.457 e.